The van der Waals surface area contributed by atoms with Crippen LogP contribution in [0.4, 0.5) is 13.2 Å². The highest BCUT2D eigenvalue weighted by molar-refractivity contribution is 7.92. The number of ketones is 1. The Hall–Kier alpha value is -3.22. The summed E-state index contributed by atoms with van der Waals surface area (Å²) in [5, 5.41) is 13.8. The predicted molar refractivity (Wildman–Crippen MR) is 131 cm³/mol. The Balaban J connectivity index is 1.38. The number of amides is 1. The van der Waals surface area contributed by atoms with Gasteiger partial charge < -0.3 is 14.8 Å². The van der Waals surface area contributed by atoms with Crippen LogP contribution in [0.1, 0.15) is 28.8 Å². The molecule has 2 N–H and O–H groups in total. The van der Waals surface area contributed by atoms with Gasteiger partial charge in [0.05, 0.1) is 22.7 Å². The van der Waals surface area contributed by atoms with E-state index in [1.165, 1.54) is 24.3 Å². The predicted octanol–water partition coefficient (Wildman–Crippen LogP) is 3.31. The zero-order valence-electron chi connectivity index (χ0n) is 19.6. The van der Waals surface area contributed by atoms with E-state index in [1.54, 1.807) is 23.1 Å². The highest BCUT2D eigenvalue weighted by Gasteiger charge is 2.47. The molecule has 1 aromatic heterocycles. The molecule has 8 nitrogen and oxygen atoms in total. The highest BCUT2D eigenvalue weighted by Crippen LogP contribution is 2.37. The van der Waals surface area contributed by atoms with Crippen LogP contribution in [-0.4, -0.2) is 67.7 Å². The van der Waals surface area contributed by atoms with Gasteiger partial charge in [0.2, 0.25) is 0 Å². The minimum absolute atomic E-state index is 0.0107. The number of hydrogen-bond donors (Lipinski definition) is 2. The summed E-state index contributed by atoms with van der Waals surface area (Å²) in [6.45, 7) is 2.03. The number of H-pyrrole nitrogens is 1. The van der Waals surface area contributed by atoms with E-state index in [0.29, 0.717) is 28.7 Å². The Bertz CT molecular complexity index is 1330. The second-order valence-electron chi connectivity index (χ2n) is 9.22. The van der Waals surface area contributed by atoms with Crippen LogP contribution >= 0.6 is 0 Å². The van der Waals surface area contributed by atoms with Crippen molar-refractivity contribution in [1.82, 2.24) is 25.6 Å². The van der Waals surface area contributed by atoms with Crippen LogP contribution in [0, 0.1) is 11.8 Å². The summed E-state index contributed by atoms with van der Waals surface area (Å²) in [6, 6.07) is 9.44. The van der Waals surface area contributed by atoms with Crippen molar-refractivity contribution in [3.05, 3.63) is 59.7 Å². The van der Waals surface area contributed by atoms with Gasteiger partial charge in [-0.3, -0.25) is 14.7 Å². The third-order valence-corrected chi connectivity index (χ3v) is 8.11. The summed E-state index contributed by atoms with van der Waals surface area (Å²) in [7, 11) is 0. The maximum Gasteiger partial charge on any atom is 0.578 e. The molecule has 3 aromatic rings. The first kappa shape index (κ1) is 25.4. The summed E-state index contributed by atoms with van der Waals surface area (Å²) < 4.78 is 49.6. The molecular weight excluding hydrogens is 507 g/mol. The van der Waals surface area contributed by atoms with E-state index in [0.717, 1.165) is 38.1 Å². The molecule has 5 rings (SSSR count). The molecule has 194 valence electrons. The molecule has 2 saturated heterocycles. The van der Waals surface area contributed by atoms with Gasteiger partial charge in [-0.2, -0.15) is 0 Å². The Morgan fingerprint density at radius 2 is 1.86 bits per heavy atom. The van der Waals surface area contributed by atoms with Crippen LogP contribution < -0.4 is 5.32 Å². The molecule has 4 atom stereocenters. The molecule has 2 unspecified atom stereocenters. The highest BCUT2D eigenvalue weighted by atomic mass is 32.2. The molecule has 3 heterocycles. The van der Waals surface area contributed by atoms with E-state index in [4.69, 9.17) is 0 Å². The minimum Gasteiger partial charge on any atom is -0.604 e. The van der Waals surface area contributed by atoms with Crippen molar-refractivity contribution in [1.29, 1.82) is 0 Å². The van der Waals surface area contributed by atoms with Crippen molar-refractivity contribution in [2.75, 3.05) is 19.6 Å². The fourth-order valence-corrected chi connectivity index (χ4v) is 5.85. The number of carbonyl (C=O) groups excluding carboxylic acids is 2. The number of fused-ring (bicyclic) bond motifs is 2. The molecule has 1 amide bonds. The average Bonchev–Trinajstić information content (AvgIpc) is 3.43. The monoisotopic (exact) mass is 531 g/mol. The number of nitrogens with one attached hydrogen (secondary N) is 2. The lowest BCUT2D eigenvalue weighted by molar-refractivity contribution is -0.119. The van der Waals surface area contributed by atoms with E-state index < -0.39 is 22.7 Å². The smallest absolute Gasteiger partial charge is 0.578 e. The maximum atomic E-state index is 13.6. The maximum absolute atomic E-state index is 13.6. The lowest BCUT2D eigenvalue weighted by atomic mass is 9.84. The number of carbonyl (C=O) groups is 2. The van der Waals surface area contributed by atoms with E-state index in [9.17, 15) is 27.3 Å². The SMILES string of the molecule is O=C(C=Cc1ccc([S+]([O-])C(F)(F)F)cc1)C1[C@H]2CCNCC[C@H]2CN1C(=O)c1ccc2[nH]nnc2c1. The van der Waals surface area contributed by atoms with Crippen molar-refractivity contribution < 1.29 is 27.3 Å². The van der Waals surface area contributed by atoms with Gasteiger partial charge in [0, 0.05) is 12.1 Å². The van der Waals surface area contributed by atoms with Crippen molar-refractivity contribution >= 4 is 40.0 Å². The van der Waals surface area contributed by atoms with Crippen LogP contribution in [0.3, 0.4) is 0 Å². The lowest BCUT2D eigenvalue weighted by Gasteiger charge is -2.26. The zero-order chi connectivity index (χ0) is 26.2. The molecule has 12 heteroatoms. The number of rotatable bonds is 5. The van der Waals surface area contributed by atoms with Gasteiger partial charge in [0.1, 0.15) is 5.52 Å². The van der Waals surface area contributed by atoms with Crippen LogP contribution in [0.25, 0.3) is 17.1 Å². The summed E-state index contributed by atoms with van der Waals surface area (Å²) >= 11 is -3.12. The van der Waals surface area contributed by atoms with Crippen molar-refractivity contribution in [2.45, 2.75) is 29.3 Å². The van der Waals surface area contributed by atoms with Crippen LogP contribution in [-0.2, 0) is 16.0 Å². The Morgan fingerprint density at radius 1 is 1.11 bits per heavy atom. The first-order chi connectivity index (χ1) is 17.7. The molecule has 0 radical (unpaired) electrons. The second kappa shape index (κ2) is 10.3. The van der Waals surface area contributed by atoms with Gasteiger partial charge in [-0.25, -0.2) is 0 Å². The number of nitrogens with zero attached hydrogens (tertiary/aromatic N) is 3. The molecular formula is C25H24F3N5O3S. The summed E-state index contributed by atoms with van der Waals surface area (Å²) in [5.41, 5.74) is -2.67. The molecule has 2 fully saturated rings. The standard InChI is InChI=1S/C25H24F3N5O3S/c26-25(27,28)37(36)18-5-1-15(2-6-18)3-8-22(34)23-19-10-12-29-11-9-17(19)14-33(23)24(35)16-4-7-20-21(13-16)31-32-30-20/h1-8,13,17,19,23,29H,9-12,14H2,(H,30,31,32)/t17-,19-,23?,37?/m0/s1. The molecule has 0 spiro atoms. The molecule has 2 aromatic carbocycles. The average molecular weight is 532 g/mol. The number of halogens is 3. The third-order valence-electron chi connectivity index (χ3n) is 6.99. The molecule has 2 aliphatic heterocycles. The topological polar surface area (TPSA) is 114 Å². The fourth-order valence-electron chi connectivity index (χ4n) is 5.20. The number of aromatic nitrogens is 3. The van der Waals surface area contributed by atoms with Gasteiger partial charge in [0.15, 0.2) is 10.7 Å². The zero-order valence-corrected chi connectivity index (χ0v) is 20.4. The minimum atomic E-state index is -4.84. The molecule has 2 aliphatic rings. The molecule has 0 bridgehead atoms. The van der Waals surface area contributed by atoms with Crippen molar-refractivity contribution in [3.8, 4) is 0 Å². The number of hydrogen-bond acceptors (Lipinski definition) is 6. The van der Waals surface area contributed by atoms with Crippen molar-refractivity contribution in [3.63, 3.8) is 0 Å². The van der Waals surface area contributed by atoms with Crippen LogP contribution in [0.2, 0.25) is 0 Å². The van der Waals surface area contributed by atoms with Gasteiger partial charge >= 0.3 is 5.51 Å². The summed E-state index contributed by atoms with van der Waals surface area (Å²) in [6.07, 6.45) is 4.48. The van der Waals surface area contributed by atoms with Gasteiger partial charge in [0.25, 0.3) is 5.91 Å². The number of aromatic amines is 1. The van der Waals surface area contributed by atoms with E-state index >= 15 is 0 Å². The van der Waals surface area contributed by atoms with Crippen LogP contribution in [0.15, 0.2) is 53.4 Å². The van der Waals surface area contributed by atoms with Crippen molar-refractivity contribution in [2.24, 2.45) is 11.8 Å². The van der Waals surface area contributed by atoms with E-state index in [1.807, 2.05) is 0 Å². The third kappa shape index (κ3) is 5.27. The van der Waals surface area contributed by atoms with E-state index in [-0.39, 0.29) is 28.4 Å². The van der Waals surface area contributed by atoms with Gasteiger partial charge in [-0.05, 0) is 91.9 Å². The Kier molecular flexibility index (Phi) is 7.06. The number of likely N-dealkylation sites (tertiary alicyclic amines) is 1. The first-order valence-electron chi connectivity index (χ1n) is 11.9. The van der Waals surface area contributed by atoms with Gasteiger partial charge in [-0.15, -0.1) is 18.3 Å². The molecule has 37 heavy (non-hydrogen) atoms. The first-order valence-corrected chi connectivity index (χ1v) is 13.0. The largest absolute Gasteiger partial charge is 0.604 e. The second-order valence-corrected chi connectivity index (χ2v) is 10.7. The van der Waals surface area contributed by atoms with E-state index in [2.05, 4.69) is 20.7 Å². The van der Waals surface area contributed by atoms with Crippen LogP contribution in [0.5, 0.6) is 0 Å². The Labute approximate surface area is 213 Å². The Morgan fingerprint density at radius 3 is 2.62 bits per heavy atom. The quantitative estimate of drug-likeness (QED) is 0.386. The number of benzene rings is 2. The normalized spacial score (nSPS) is 23.2. The summed E-state index contributed by atoms with van der Waals surface area (Å²) in [5.74, 6) is -0.331. The molecule has 0 saturated carbocycles. The summed E-state index contributed by atoms with van der Waals surface area (Å²) in [4.78, 5) is 28.3. The molecule has 0 aliphatic carbocycles. The number of alkyl halides is 3. The lowest BCUT2D eigenvalue weighted by Crippen LogP contribution is -2.43. The fraction of sp³-hybridized carbons (Fsp3) is 0.360. The van der Waals surface area contributed by atoms with Gasteiger partial charge in [-0.1, -0.05) is 11.3 Å².